The highest BCUT2D eigenvalue weighted by Crippen LogP contribution is 2.38. The summed E-state index contributed by atoms with van der Waals surface area (Å²) in [6.07, 6.45) is -4.53. The first kappa shape index (κ1) is 21.5. The summed E-state index contributed by atoms with van der Waals surface area (Å²) in [7, 11) is 0. The van der Waals surface area contributed by atoms with Gasteiger partial charge in [0.05, 0.1) is 23.4 Å². The van der Waals surface area contributed by atoms with Crippen LogP contribution in [0.25, 0.3) is 11.3 Å². The van der Waals surface area contributed by atoms with Crippen molar-refractivity contribution < 1.29 is 27.2 Å². The van der Waals surface area contributed by atoms with Gasteiger partial charge in [0.15, 0.2) is 0 Å². The summed E-state index contributed by atoms with van der Waals surface area (Å²) in [5.41, 5.74) is 0.536. The largest absolute Gasteiger partial charge is 0.418 e. The van der Waals surface area contributed by atoms with Gasteiger partial charge in [-0.15, -0.1) is 0 Å². The normalized spacial score (nSPS) is 15.4. The molecule has 1 aromatic heterocycles. The average Bonchev–Trinajstić information content (AvgIpc) is 3.23. The molecular weight excluding hydrogens is 428 g/mol. The number of para-hydroxylation sites is 1. The number of nitrogens with zero attached hydrogens (tertiary/aromatic N) is 2. The summed E-state index contributed by atoms with van der Waals surface area (Å²) in [5.74, 6) is -1.22. The van der Waals surface area contributed by atoms with Gasteiger partial charge in [0.1, 0.15) is 17.7 Å². The third-order valence-corrected chi connectivity index (χ3v) is 5.20. The van der Waals surface area contributed by atoms with Gasteiger partial charge in [-0.3, -0.25) is 9.59 Å². The lowest BCUT2D eigenvalue weighted by molar-refractivity contribution is -0.137. The predicted molar refractivity (Wildman–Crippen MR) is 109 cm³/mol. The molecule has 0 unspecified atom stereocenters. The Morgan fingerprint density at radius 1 is 1.16 bits per heavy atom. The van der Waals surface area contributed by atoms with Crippen LogP contribution in [0.3, 0.4) is 0 Å². The second kappa shape index (κ2) is 8.10. The molecule has 0 fully saturated rings. The molecule has 0 aliphatic carbocycles. The van der Waals surface area contributed by atoms with Crippen molar-refractivity contribution in [1.82, 2.24) is 9.78 Å². The molecule has 32 heavy (non-hydrogen) atoms. The third kappa shape index (κ3) is 3.95. The van der Waals surface area contributed by atoms with E-state index in [1.54, 1.807) is 12.1 Å². The minimum atomic E-state index is -4.64. The van der Waals surface area contributed by atoms with Crippen LogP contribution in [0.5, 0.6) is 0 Å². The van der Waals surface area contributed by atoms with E-state index in [0.717, 1.165) is 17.7 Å². The van der Waals surface area contributed by atoms with E-state index >= 15 is 0 Å². The van der Waals surface area contributed by atoms with Crippen LogP contribution in [0.4, 0.5) is 29.1 Å². The molecule has 0 saturated heterocycles. The van der Waals surface area contributed by atoms with Gasteiger partial charge >= 0.3 is 6.18 Å². The Labute approximate surface area is 180 Å². The number of alkyl halides is 3. The summed E-state index contributed by atoms with van der Waals surface area (Å²) in [6.45, 7) is 1.87. The maximum absolute atomic E-state index is 13.3. The van der Waals surface area contributed by atoms with E-state index < -0.39 is 41.8 Å². The molecule has 2 amide bonds. The zero-order valence-electron chi connectivity index (χ0n) is 16.8. The number of benzene rings is 2. The van der Waals surface area contributed by atoms with E-state index in [9.17, 15) is 27.2 Å². The number of amides is 2. The SMILES string of the molecule is CCc1c(-c2ccc(F)cc2)nn2c1NC(=O)[C@@H]2CC(=O)Nc1ccccc1C(F)(F)F. The molecule has 2 N–H and O–H groups in total. The number of hydrogen-bond acceptors (Lipinski definition) is 3. The summed E-state index contributed by atoms with van der Waals surface area (Å²) < 4.78 is 54.2. The molecule has 4 rings (SSSR count). The predicted octanol–water partition coefficient (Wildman–Crippen LogP) is 4.79. The Morgan fingerprint density at radius 2 is 1.84 bits per heavy atom. The number of halogens is 4. The number of aromatic nitrogens is 2. The minimum Gasteiger partial charge on any atom is -0.325 e. The summed E-state index contributed by atoms with van der Waals surface area (Å²) in [6, 6.07) is 9.30. The van der Waals surface area contributed by atoms with Gasteiger partial charge in [0.25, 0.3) is 5.91 Å². The zero-order chi connectivity index (χ0) is 23.0. The van der Waals surface area contributed by atoms with Crippen LogP contribution >= 0.6 is 0 Å². The first-order valence-corrected chi connectivity index (χ1v) is 9.83. The highest BCUT2D eigenvalue weighted by Gasteiger charge is 2.37. The monoisotopic (exact) mass is 446 g/mol. The van der Waals surface area contributed by atoms with Crippen molar-refractivity contribution in [2.45, 2.75) is 32.0 Å². The van der Waals surface area contributed by atoms with E-state index in [2.05, 4.69) is 15.7 Å². The minimum absolute atomic E-state index is 0.384. The molecule has 0 saturated carbocycles. The second-order valence-electron chi connectivity index (χ2n) is 7.28. The van der Waals surface area contributed by atoms with Crippen molar-refractivity contribution in [2.75, 3.05) is 10.6 Å². The van der Waals surface area contributed by atoms with Crippen LogP contribution in [-0.2, 0) is 22.2 Å². The Bertz CT molecular complexity index is 1190. The van der Waals surface area contributed by atoms with Gasteiger partial charge in [0, 0.05) is 11.1 Å². The van der Waals surface area contributed by atoms with Crippen LogP contribution in [0.15, 0.2) is 48.5 Å². The van der Waals surface area contributed by atoms with Gasteiger partial charge in [-0.05, 0) is 42.8 Å². The molecular formula is C22H18F4N4O2. The van der Waals surface area contributed by atoms with Gasteiger partial charge < -0.3 is 10.6 Å². The van der Waals surface area contributed by atoms with Crippen LogP contribution in [0.2, 0.25) is 0 Å². The quantitative estimate of drug-likeness (QED) is 0.554. The molecule has 3 aromatic rings. The lowest BCUT2D eigenvalue weighted by Gasteiger charge is -2.15. The van der Waals surface area contributed by atoms with Crippen molar-refractivity contribution in [2.24, 2.45) is 0 Å². The van der Waals surface area contributed by atoms with Crippen LogP contribution in [0, 0.1) is 5.82 Å². The molecule has 1 aliphatic rings. The number of nitrogens with one attached hydrogen (secondary N) is 2. The van der Waals surface area contributed by atoms with Crippen LogP contribution in [-0.4, -0.2) is 21.6 Å². The first-order valence-electron chi connectivity index (χ1n) is 9.83. The number of anilines is 2. The van der Waals surface area contributed by atoms with E-state index in [-0.39, 0.29) is 5.69 Å². The summed E-state index contributed by atoms with van der Waals surface area (Å²) in [4.78, 5) is 25.0. The number of fused-ring (bicyclic) bond motifs is 1. The fraction of sp³-hybridized carbons (Fsp3) is 0.227. The number of hydrogen-bond donors (Lipinski definition) is 2. The van der Waals surface area contributed by atoms with Crippen molar-refractivity contribution in [3.05, 3.63) is 65.5 Å². The lowest BCUT2D eigenvalue weighted by atomic mass is 10.1. The molecule has 0 bridgehead atoms. The van der Waals surface area contributed by atoms with Gasteiger partial charge in [-0.2, -0.15) is 18.3 Å². The molecule has 2 aromatic carbocycles. The van der Waals surface area contributed by atoms with E-state index in [0.29, 0.717) is 23.5 Å². The number of rotatable bonds is 5. The molecule has 0 spiro atoms. The molecule has 166 valence electrons. The van der Waals surface area contributed by atoms with Crippen LogP contribution < -0.4 is 10.6 Å². The van der Waals surface area contributed by atoms with Crippen molar-refractivity contribution in [1.29, 1.82) is 0 Å². The van der Waals surface area contributed by atoms with Crippen molar-refractivity contribution >= 4 is 23.3 Å². The molecule has 6 nitrogen and oxygen atoms in total. The number of carbonyl (C=O) groups is 2. The Morgan fingerprint density at radius 3 is 2.50 bits per heavy atom. The zero-order valence-corrected chi connectivity index (χ0v) is 16.8. The van der Waals surface area contributed by atoms with E-state index in [1.807, 2.05) is 6.92 Å². The maximum atomic E-state index is 13.3. The molecule has 10 heteroatoms. The molecule has 1 atom stereocenters. The first-order chi connectivity index (χ1) is 15.2. The summed E-state index contributed by atoms with van der Waals surface area (Å²) >= 11 is 0. The molecule has 0 radical (unpaired) electrons. The molecule has 2 heterocycles. The third-order valence-electron chi connectivity index (χ3n) is 5.20. The highest BCUT2D eigenvalue weighted by molar-refractivity contribution is 6.02. The fourth-order valence-corrected chi connectivity index (χ4v) is 3.71. The average molecular weight is 446 g/mol. The Hall–Kier alpha value is -3.69. The Kier molecular flexibility index (Phi) is 5.45. The topological polar surface area (TPSA) is 76.0 Å². The molecule has 1 aliphatic heterocycles. The van der Waals surface area contributed by atoms with Crippen molar-refractivity contribution in [3.63, 3.8) is 0 Å². The maximum Gasteiger partial charge on any atom is 0.418 e. The van der Waals surface area contributed by atoms with Gasteiger partial charge in [-0.1, -0.05) is 19.1 Å². The van der Waals surface area contributed by atoms with Gasteiger partial charge in [0.2, 0.25) is 5.91 Å². The van der Waals surface area contributed by atoms with Crippen molar-refractivity contribution in [3.8, 4) is 11.3 Å². The lowest BCUT2D eigenvalue weighted by Crippen LogP contribution is -2.24. The van der Waals surface area contributed by atoms with Gasteiger partial charge in [-0.25, -0.2) is 9.07 Å². The van der Waals surface area contributed by atoms with E-state index in [4.69, 9.17) is 0 Å². The Balaban J connectivity index is 1.60. The number of carbonyl (C=O) groups excluding carboxylic acids is 2. The second-order valence-corrected chi connectivity index (χ2v) is 7.28. The summed E-state index contributed by atoms with van der Waals surface area (Å²) in [5, 5.41) is 9.41. The standard InChI is InChI=1S/C22H18F4N4O2/c1-2-14-19(12-7-9-13(23)10-8-12)29-30-17(21(32)28-20(14)30)11-18(31)27-16-6-4-3-5-15(16)22(24,25)26/h3-10,17H,2,11H2,1H3,(H,27,31)(H,28,32)/t17-/m0/s1. The smallest absolute Gasteiger partial charge is 0.325 e. The highest BCUT2D eigenvalue weighted by atomic mass is 19.4. The fourth-order valence-electron chi connectivity index (χ4n) is 3.71. The van der Waals surface area contributed by atoms with E-state index in [1.165, 1.54) is 28.9 Å². The van der Waals surface area contributed by atoms with Crippen LogP contribution in [0.1, 0.15) is 30.5 Å².